The van der Waals surface area contributed by atoms with E-state index in [0.717, 1.165) is 5.56 Å². The first-order valence-electron chi connectivity index (χ1n) is 9.58. The normalized spacial score (nSPS) is 10.9. The molecule has 0 saturated heterocycles. The summed E-state index contributed by atoms with van der Waals surface area (Å²) in [6, 6.07) is 19.3. The predicted molar refractivity (Wildman–Crippen MR) is 117 cm³/mol. The first kappa shape index (κ1) is 23.0. The molecule has 0 aromatic heterocycles. The molecule has 0 radical (unpaired) electrons. The Labute approximate surface area is 185 Å². The molecule has 0 aliphatic carbocycles. The Morgan fingerprint density at radius 2 is 1.66 bits per heavy atom. The number of nitrogens with zero attached hydrogens (tertiary/aromatic N) is 1. The summed E-state index contributed by atoms with van der Waals surface area (Å²) in [4.78, 5) is 26.0. The third-order valence-corrected chi connectivity index (χ3v) is 5.89. The molecule has 9 heteroatoms. The van der Waals surface area contributed by atoms with E-state index in [9.17, 15) is 22.4 Å². The molecule has 0 saturated carbocycles. The Balaban J connectivity index is 1.58. The van der Waals surface area contributed by atoms with Gasteiger partial charge in [0.25, 0.3) is 15.9 Å². The number of anilines is 1. The van der Waals surface area contributed by atoms with Crippen LogP contribution >= 0.6 is 0 Å². The van der Waals surface area contributed by atoms with E-state index in [1.807, 2.05) is 0 Å². The average molecular weight is 456 g/mol. The highest BCUT2D eigenvalue weighted by atomic mass is 32.2. The first-order chi connectivity index (χ1) is 15.2. The van der Waals surface area contributed by atoms with Crippen molar-refractivity contribution in [1.82, 2.24) is 4.90 Å². The van der Waals surface area contributed by atoms with Crippen LogP contribution in [0.4, 0.5) is 10.1 Å². The van der Waals surface area contributed by atoms with E-state index in [1.54, 1.807) is 37.4 Å². The fraction of sp³-hybridized carbons (Fsp3) is 0.130. The van der Waals surface area contributed by atoms with Crippen LogP contribution in [0.5, 0.6) is 0 Å². The monoisotopic (exact) mass is 456 g/mol. The Hall–Kier alpha value is -3.72. The third kappa shape index (κ3) is 6.14. The summed E-state index contributed by atoms with van der Waals surface area (Å²) in [6.07, 6.45) is 0. The van der Waals surface area contributed by atoms with E-state index >= 15 is 0 Å². The topological polar surface area (TPSA) is 92.8 Å². The number of halogens is 1. The van der Waals surface area contributed by atoms with Crippen LogP contribution in [0.15, 0.2) is 83.8 Å². The molecule has 0 atom stereocenters. The van der Waals surface area contributed by atoms with E-state index in [2.05, 4.69) is 4.72 Å². The third-order valence-electron chi connectivity index (χ3n) is 4.49. The van der Waals surface area contributed by atoms with Crippen LogP contribution in [-0.4, -0.2) is 38.8 Å². The molecule has 166 valence electrons. The van der Waals surface area contributed by atoms with Crippen molar-refractivity contribution in [2.75, 3.05) is 18.4 Å². The van der Waals surface area contributed by atoms with Crippen molar-refractivity contribution in [2.24, 2.45) is 0 Å². The van der Waals surface area contributed by atoms with Gasteiger partial charge in [-0.15, -0.1) is 0 Å². The molecule has 1 amide bonds. The number of sulfonamides is 1. The minimum atomic E-state index is -3.81. The van der Waals surface area contributed by atoms with Crippen molar-refractivity contribution in [2.45, 2.75) is 11.4 Å². The van der Waals surface area contributed by atoms with Crippen molar-refractivity contribution in [1.29, 1.82) is 0 Å². The van der Waals surface area contributed by atoms with Gasteiger partial charge in [-0.2, -0.15) is 0 Å². The summed E-state index contributed by atoms with van der Waals surface area (Å²) in [6.45, 7) is -0.260. The number of nitrogens with one attached hydrogen (secondary N) is 1. The van der Waals surface area contributed by atoms with Crippen LogP contribution in [0.2, 0.25) is 0 Å². The first-order valence-corrected chi connectivity index (χ1v) is 11.1. The Bertz CT molecular complexity index is 1200. The highest BCUT2D eigenvalue weighted by molar-refractivity contribution is 7.92. The van der Waals surface area contributed by atoms with Crippen molar-refractivity contribution < 1.29 is 27.1 Å². The number of likely N-dealkylation sites (N-methyl/N-ethyl adjacent to an activating group) is 1. The zero-order valence-corrected chi connectivity index (χ0v) is 18.0. The van der Waals surface area contributed by atoms with Gasteiger partial charge in [0.15, 0.2) is 6.61 Å². The highest BCUT2D eigenvalue weighted by Crippen LogP contribution is 2.17. The van der Waals surface area contributed by atoms with E-state index in [0.29, 0.717) is 0 Å². The smallest absolute Gasteiger partial charge is 0.338 e. The molecule has 1 N–H and O–H groups in total. The van der Waals surface area contributed by atoms with Crippen LogP contribution in [0.3, 0.4) is 0 Å². The Morgan fingerprint density at radius 3 is 2.34 bits per heavy atom. The average Bonchev–Trinajstić information content (AvgIpc) is 2.79. The van der Waals surface area contributed by atoms with Crippen molar-refractivity contribution in [3.8, 4) is 0 Å². The fourth-order valence-corrected chi connectivity index (χ4v) is 3.87. The fourth-order valence-electron chi connectivity index (χ4n) is 2.80. The maximum absolute atomic E-state index is 13.0. The van der Waals surface area contributed by atoms with Crippen LogP contribution in [0, 0.1) is 5.82 Å². The highest BCUT2D eigenvalue weighted by Gasteiger charge is 2.17. The summed E-state index contributed by atoms with van der Waals surface area (Å²) in [5.41, 5.74) is 1.00. The zero-order chi connectivity index (χ0) is 23.1. The predicted octanol–water partition coefficient (Wildman–Crippen LogP) is 3.44. The van der Waals surface area contributed by atoms with E-state index in [1.165, 1.54) is 53.4 Å². The SMILES string of the molecule is CN(Cc1ccc(F)cc1)C(=O)COC(=O)c1cccc(NS(=O)(=O)c2ccccc2)c1. The zero-order valence-electron chi connectivity index (χ0n) is 17.2. The number of amides is 1. The quantitative estimate of drug-likeness (QED) is 0.524. The second-order valence-electron chi connectivity index (χ2n) is 6.95. The van der Waals surface area contributed by atoms with Crippen LogP contribution in [0.25, 0.3) is 0 Å². The molecule has 0 spiro atoms. The van der Waals surface area contributed by atoms with Gasteiger partial charge >= 0.3 is 5.97 Å². The van der Waals surface area contributed by atoms with E-state index < -0.39 is 28.5 Å². The Kier molecular flexibility index (Phi) is 7.21. The van der Waals surface area contributed by atoms with Crippen LogP contribution in [-0.2, 0) is 26.1 Å². The number of carbonyl (C=O) groups excluding carboxylic acids is 2. The van der Waals surface area contributed by atoms with Crippen molar-refractivity contribution >= 4 is 27.6 Å². The molecule has 3 aromatic carbocycles. The molecule has 0 heterocycles. The number of carbonyl (C=O) groups is 2. The minimum absolute atomic E-state index is 0.0859. The number of benzene rings is 3. The molecular formula is C23H21FN2O5S. The number of esters is 1. The molecule has 0 aliphatic heterocycles. The van der Waals surface area contributed by atoms with Gasteiger partial charge in [-0.25, -0.2) is 17.6 Å². The second-order valence-corrected chi connectivity index (χ2v) is 8.63. The Morgan fingerprint density at radius 1 is 0.969 bits per heavy atom. The summed E-state index contributed by atoms with van der Waals surface area (Å²) >= 11 is 0. The van der Waals surface area contributed by atoms with Crippen molar-refractivity contribution in [3.63, 3.8) is 0 Å². The molecule has 0 unspecified atom stereocenters. The van der Waals surface area contributed by atoms with Crippen LogP contribution in [0.1, 0.15) is 15.9 Å². The lowest BCUT2D eigenvalue weighted by Crippen LogP contribution is -2.30. The number of rotatable bonds is 8. The summed E-state index contributed by atoms with van der Waals surface area (Å²) in [5, 5.41) is 0. The molecule has 7 nitrogen and oxygen atoms in total. The molecule has 0 fully saturated rings. The van der Waals surface area contributed by atoms with Gasteiger partial charge in [-0.05, 0) is 48.0 Å². The summed E-state index contributed by atoms with van der Waals surface area (Å²) in [5.74, 6) is -1.58. The number of ether oxygens (including phenoxy) is 1. The molecule has 3 rings (SSSR count). The number of hydrogen-bond donors (Lipinski definition) is 1. The van der Waals surface area contributed by atoms with Gasteiger partial charge in [0.2, 0.25) is 0 Å². The molecular weight excluding hydrogens is 435 g/mol. The lowest BCUT2D eigenvalue weighted by atomic mass is 10.2. The molecule has 0 aliphatic rings. The van der Waals surface area contributed by atoms with Gasteiger partial charge in [0.1, 0.15) is 5.82 Å². The van der Waals surface area contributed by atoms with Crippen LogP contribution < -0.4 is 4.72 Å². The maximum atomic E-state index is 13.0. The molecule has 32 heavy (non-hydrogen) atoms. The molecule has 3 aromatic rings. The van der Waals surface area contributed by atoms with Gasteiger partial charge in [0.05, 0.1) is 10.5 Å². The van der Waals surface area contributed by atoms with Gasteiger partial charge in [-0.1, -0.05) is 36.4 Å². The number of hydrogen-bond acceptors (Lipinski definition) is 5. The standard InChI is InChI=1S/C23H21FN2O5S/c1-26(15-17-10-12-19(24)13-11-17)22(27)16-31-23(28)18-6-5-7-20(14-18)25-32(29,30)21-8-3-2-4-9-21/h2-14,25H,15-16H2,1H3. The molecule has 0 bridgehead atoms. The minimum Gasteiger partial charge on any atom is -0.452 e. The van der Waals surface area contributed by atoms with Gasteiger partial charge in [-0.3, -0.25) is 9.52 Å². The van der Waals surface area contributed by atoms with Crippen molar-refractivity contribution in [3.05, 3.63) is 95.8 Å². The lowest BCUT2D eigenvalue weighted by Gasteiger charge is -2.17. The lowest BCUT2D eigenvalue weighted by molar-refractivity contribution is -0.133. The maximum Gasteiger partial charge on any atom is 0.338 e. The van der Waals surface area contributed by atoms with E-state index in [4.69, 9.17) is 4.74 Å². The largest absolute Gasteiger partial charge is 0.452 e. The van der Waals surface area contributed by atoms with Gasteiger partial charge < -0.3 is 9.64 Å². The second kappa shape index (κ2) is 10.1. The van der Waals surface area contributed by atoms with Gasteiger partial charge in [0, 0.05) is 19.3 Å². The van der Waals surface area contributed by atoms with E-state index in [-0.39, 0.29) is 28.5 Å². The summed E-state index contributed by atoms with van der Waals surface area (Å²) in [7, 11) is -2.27. The summed E-state index contributed by atoms with van der Waals surface area (Å²) < 4.78 is 45.3.